The average molecular weight is 553 g/mol. The van der Waals surface area contributed by atoms with E-state index in [-0.39, 0.29) is 0 Å². The summed E-state index contributed by atoms with van der Waals surface area (Å²) in [6, 6.07) is 33.4. The standard InChI is InChI=1S/C40H40S/c1-2-3-4-5-6-7-8-9-10-11-14-30-17-19-31(20-18-30)21-22-32-23-25-36-38-28-27-35-34-16-13-12-15-33(34)24-26-37(35)40(38)41-39(36)29-32/h12-13,15-20,23-29H,2-11,14H2,1H3. The van der Waals surface area contributed by atoms with Gasteiger partial charge in [-0.2, -0.15) is 0 Å². The summed E-state index contributed by atoms with van der Waals surface area (Å²) < 4.78 is 2.67. The maximum atomic E-state index is 3.42. The lowest BCUT2D eigenvalue weighted by atomic mass is 10.00. The van der Waals surface area contributed by atoms with Crippen molar-refractivity contribution in [2.45, 2.75) is 77.6 Å². The molecule has 0 aliphatic rings. The van der Waals surface area contributed by atoms with Crippen molar-refractivity contribution >= 4 is 53.1 Å². The number of benzene rings is 5. The van der Waals surface area contributed by atoms with Gasteiger partial charge >= 0.3 is 0 Å². The lowest BCUT2D eigenvalue weighted by Gasteiger charge is -2.04. The van der Waals surface area contributed by atoms with Gasteiger partial charge in [0.2, 0.25) is 0 Å². The van der Waals surface area contributed by atoms with E-state index in [1.165, 1.54) is 118 Å². The Bertz CT molecular complexity index is 1820. The van der Waals surface area contributed by atoms with Crippen molar-refractivity contribution in [3.8, 4) is 11.8 Å². The highest BCUT2D eigenvalue weighted by molar-refractivity contribution is 7.26. The van der Waals surface area contributed by atoms with E-state index in [0.717, 1.165) is 11.1 Å². The number of unbranched alkanes of at least 4 members (excludes halogenated alkanes) is 9. The summed E-state index contributed by atoms with van der Waals surface area (Å²) >= 11 is 1.89. The van der Waals surface area contributed by atoms with Crippen LogP contribution in [0.25, 0.3) is 41.7 Å². The summed E-state index contributed by atoms with van der Waals surface area (Å²) in [5.41, 5.74) is 3.60. The topological polar surface area (TPSA) is 0 Å². The van der Waals surface area contributed by atoms with Gasteiger partial charge in [-0.15, -0.1) is 11.3 Å². The third-order valence-corrected chi connectivity index (χ3v) is 9.69. The fraction of sp³-hybridized carbons (Fsp3) is 0.300. The third kappa shape index (κ3) is 6.50. The number of fused-ring (bicyclic) bond motifs is 7. The Labute approximate surface area is 249 Å². The molecular formula is C40H40S. The van der Waals surface area contributed by atoms with Crippen LogP contribution in [0.1, 0.15) is 87.8 Å². The van der Waals surface area contributed by atoms with Gasteiger partial charge in [0, 0.05) is 36.7 Å². The molecule has 0 bridgehead atoms. The Morgan fingerprint density at radius 2 is 1.12 bits per heavy atom. The molecule has 0 saturated carbocycles. The zero-order valence-corrected chi connectivity index (χ0v) is 25.2. The second-order valence-corrected chi connectivity index (χ2v) is 12.6. The van der Waals surface area contributed by atoms with E-state index in [0.29, 0.717) is 0 Å². The monoisotopic (exact) mass is 552 g/mol. The summed E-state index contributed by atoms with van der Waals surface area (Å²) in [7, 11) is 0. The van der Waals surface area contributed by atoms with Crippen LogP contribution >= 0.6 is 11.3 Å². The molecule has 0 saturated heterocycles. The van der Waals surface area contributed by atoms with Crippen LogP contribution in [0.5, 0.6) is 0 Å². The molecule has 0 nitrogen and oxygen atoms in total. The van der Waals surface area contributed by atoms with Crippen LogP contribution in [0.2, 0.25) is 0 Å². The molecule has 1 aromatic heterocycles. The first-order chi connectivity index (χ1) is 20.3. The first-order valence-electron chi connectivity index (χ1n) is 15.7. The van der Waals surface area contributed by atoms with E-state index in [2.05, 4.69) is 110 Å². The molecule has 41 heavy (non-hydrogen) atoms. The van der Waals surface area contributed by atoms with Crippen LogP contribution < -0.4 is 0 Å². The Kier molecular flexibility index (Phi) is 8.99. The molecule has 0 unspecified atom stereocenters. The van der Waals surface area contributed by atoms with Crippen LogP contribution in [0, 0.1) is 11.8 Å². The second-order valence-electron chi connectivity index (χ2n) is 11.5. The van der Waals surface area contributed by atoms with Crippen LogP contribution in [0.4, 0.5) is 0 Å². The second kappa shape index (κ2) is 13.4. The molecule has 0 radical (unpaired) electrons. The summed E-state index contributed by atoms with van der Waals surface area (Å²) in [6.07, 6.45) is 15.1. The lowest BCUT2D eigenvalue weighted by molar-refractivity contribution is 0.556. The van der Waals surface area contributed by atoms with Gasteiger partial charge in [0.25, 0.3) is 0 Å². The Morgan fingerprint density at radius 1 is 0.512 bits per heavy atom. The summed E-state index contributed by atoms with van der Waals surface area (Å²) in [6.45, 7) is 2.29. The van der Waals surface area contributed by atoms with Gasteiger partial charge in [-0.3, -0.25) is 0 Å². The normalized spacial score (nSPS) is 11.4. The highest BCUT2D eigenvalue weighted by Gasteiger charge is 2.10. The fourth-order valence-corrected chi connectivity index (χ4v) is 7.38. The molecule has 6 aromatic rings. The minimum absolute atomic E-state index is 1.08. The predicted molar refractivity (Wildman–Crippen MR) is 182 cm³/mol. The van der Waals surface area contributed by atoms with Crippen molar-refractivity contribution in [3.63, 3.8) is 0 Å². The van der Waals surface area contributed by atoms with Crippen molar-refractivity contribution in [3.05, 3.63) is 108 Å². The van der Waals surface area contributed by atoms with Crippen molar-refractivity contribution in [2.24, 2.45) is 0 Å². The quantitative estimate of drug-likeness (QED) is 0.0852. The summed E-state index contributed by atoms with van der Waals surface area (Å²) in [4.78, 5) is 0. The highest BCUT2D eigenvalue weighted by Crippen LogP contribution is 2.40. The van der Waals surface area contributed by atoms with Gasteiger partial charge in [-0.25, -0.2) is 0 Å². The molecule has 0 N–H and O–H groups in total. The van der Waals surface area contributed by atoms with E-state index in [1.54, 1.807) is 0 Å². The van der Waals surface area contributed by atoms with E-state index >= 15 is 0 Å². The minimum Gasteiger partial charge on any atom is -0.134 e. The van der Waals surface area contributed by atoms with Crippen LogP contribution in [-0.2, 0) is 6.42 Å². The van der Waals surface area contributed by atoms with Gasteiger partial charge in [0.05, 0.1) is 0 Å². The molecule has 1 heteroatoms. The summed E-state index contributed by atoms with van der Waals surface area (Å²) in [5, 5.41) is 7.95. The predicted octanol–water partition coefficient (Wildman–Crippen LogP) is 12.2. The smallest absolute Gasteiger partial charge is 0.0434 e. The molecular weight excluding hydrogens is 513 g/mol. The third-order valence-electron chi connectivity index (χ3n) is 8.48. The molecule has 1 heterocycles. The van der Waals surface area contributed by atoms with Crippen molar-refractivity contribution in [2.75, 3.05) is 0 Å². The van der Waals surface area contributed by atoms with Crippen LogP contribution in [0.15, 0.2) is 91.0 Å². The number of rotatable bonds is 11. The van der Waals surface area contributed by atoms with E-state index < -0.39 is 0 Å². The molecule has 0 spiro atoms. The molecule has 0 aliphatic carbocycles. The Balaban J connectivity index is 1.08. The molecule has 5 aromatic carbocycles. The SMILES string of the molecule is CCCCCCCCCCCCc1ccc(C#Cc2ccc3c(c2)sc2c3ccc3c4ccccc4ccc32)cc1. The number of aryl methyl sites for hydroxylation is 1. The Morgan fingerprint density at radius 3 is 1.93 bits per heavy atom. The molecule has 6 rings (SSSR count). The maximum absolute atomic E-state index is 3.42. The van der Waals surface area contributed by atoms with Crippen molar-refractivity contribution in [1.82, 2.24) is 0 Å². The zero-order chi connectivity index (χ0) is 27.9. The van der Waals surface area contributed by atoms with Gasteiger partial charge in [0.15, 0.2) is 0 Å². The highest BCUT2D eigenvalue weighted by atomic mass is 32.1. The summed E-state index contributed by atoms with van der Waals surface area (Å²) in [5.74, 6) is 6.82. The van der Waals surface area contributed by atoms with Crippen LogP contribution in [0.3, 0.4) is 0 Å². The minimum atomic E-state index is 1.08. The zero-order valence-electron chi connectivity index (χ0n) is 24.3. The van der Waals surface area contributed by atoms with Crippen molar-refractivity contribution < 1.29 is 0 Å². The molecule has 0 aliphatic heterocycles. The average Bonchev–Trinajstić information content (AvgIpc) is 3.39. The fourth-order valence-electron chi connectivity index (χ4n) is 6.12. The molecule has 206 valence electrons. The van der Waals surface area contributed by atoms with Gasteiger partial charge in [-0.05, 0) is 58.8 Å². The Hall–Kier alpha value is -3.60. The van der Waals surface area contributed by atoms with Crippen LogP contribution in [-0.4, -0.2) is 0 Å². The number of thiophene rings is 1. The van der Waals surface area contributed by atoms with Gasteiger partial charge in [-0.1, -0.05) is 143 Å². The first kappa shape index (κ1) is 27.6. The lowest BCUT2D eigenvalue weighted by Crippen LogP contribution is -1.87. The molecule has 0 amide bonds. The first-order valence-corrected chi connectivity index (χ1v) is 16.5. The maximum Gasteiger partial charge on any atom is 0.0434 e. The van der Waals surface area contributed by atoms with E-state index in [4.69, 9.17) is 0 Å². The van der Waals surface area contributed by atoms with Crippen molar-refractivity contribution in [1.29, 1.82) is 0 Å². The number of hydrogen-bond donors (Lipinski definition) is 0. The van der Waals surface area contributed by atoms with Gasteiger partial charge < -0.3 is 0 Å². The number of hydrogen-bond acceptors (Lipinski definition) is 1. The van der Waals surface area contributed by atoms with E-state index in [9.17, 15) is 0 Å². The largest absolute Gasteiger partial charge is 0.134 e. The van der Waals surface area contributed by atoms with Gasteiger partial charge in [0.1, 0.15) is 0 Å². The molecule has 0 fully saturated rings. The van der Waals surface area contributed by atoms with E-state index in [1.807, 2.05) is 11.3 Å². The molecule has 0 atom stereocenters.